The minimum Gasteiger partial charge on any atom is -0.494 e. The quantitative estimate of drug-likeness (QED) is 0.417. The standard InChI is InChI=1S/C25H33NO2.C2HF3O2/c1-18-16-22(28-15-5-6-19-11-13-25(2,3)14-12-19)9-10-23(18)20-7-4-8-21(17-20)24(26)27;3-2(4,5)1(6)7/h4,7-10,16-17,19H,5-6,11-15H2,1-3H3,(H2,26,27);(H,6,7). The van der Waals surface area contributed by atoms with Gasteiger partial charge in [0.05, 0.1) is 6.61 Å². The number of aliphatic carboxylic acids is 1. The summed E-state index contributed by atoms with van der Waals surface area (Å²) in [4.78, 5) is 20.3. The number of halogens is 3. The number of benzene rings is 2. The molecular formula is C27H34F3NO4. The summed E-state index contributed by atoms with van der Waals surface area (Å²) in [6.45, 7) is 7.63. The lowest BCUT2D eigenvalue weighted by molar-refractivity contribution is -0.192. The van der Waals surface area contributed by atoms with Crippen LogP contribution < -0.4 is 10.5 Å². The Hall–Kier alpha value is -3.03. The smallest absolute Gasteiger partial charge is 0.490 e. The van der Waals surface area contributed by atoms with E-state index in [4.69, 9.17) is 20.4 Å². The fourth-order valence-electron chi connectivity index (χ4n) is 4.20. The number of alkyl halides is 3. The minimum atomic E-state index is -5.08. The molecule has 3 rings (SSSR count). The van der Waals surface area contributed by atoms with Crippen molar-refractivity contribution in [2.75, 3.05) is 6.61 Å². The molecule has 3 N–H and O–H groups in total. The molecule has 0 radical (unpaired) electrons. The van der Waals surface area contributed by atoms with Crippen molar-refractivity contribution in [1.82, 2.24) is 0 Å². The Kier molecular flexibility index (Phi) is 9.74. The van der Waals surface area contributed by atoms with Gasteiger partial charge in [0.15, 0.2) is 0 Å². The van der Waals surface area contributed by atoms with Gasteiger partial charge in [0, 0.05) is 5.56 Å². The van der Waals surface area contributed by atoms with E-state index in [-0.39, 0.29) is 0 Å². The second kappa shape index (κ2) is 12.1. The minimum absolute atomic E-state index is 0.402. The van der Waals surface area contributed by atoms with E-state index in [0.29, 0.717) is 11.0 Å². The molecular weight excluding hydrogens is 459 g/mol. The number of carbonyl (C=O) groups is 2. The van der Waals surface area contributed by atoms with Crippen LogP contribution in [0.4, 0.5) is 13.2 Å². The maximum absolute atomic E-state index is 11.4. The Balaban J connectivity index is 0.000000540. The van der Waals surface area contributed by atoms with Gasteiger partial charge >= 0.3 is 12.1 Å². The first-order valence-corrected chi connectivity index (χ1v) is 11.7. The largest absolute Gasteiger partial charge is 0.494 e. The lowest BCUT2D eigenvalue weighted by Crippen LogP contribution is -2.21. The van der Waals surface area contributed by atoms with Crippen molar-refractivity contribution in [3.05, 3.63) is 53.6 Å². The van der Waals surface area contributed by atoms with Crippen LogP contribution in [0.2, 0.25) is 0 Å². The van der Waals surface area contributed by atoms with Crippen molar-refractivity contribution in [1.29, 1.82) is 0 Å². The Labute approximate surface area is 204 Å². The van der Waals surface area contributed by atoms with E-state index in [1.165, 1.54) is 32.1 Å². The molecule has 0 aliphatic heterocycles. The zero-order valence-corrected chi connectivity index (χ0v) is 20.5. The van der Waals surface area contributed by atoms with Crippen LogP contribution in [0, 0.1) is 18.3 Å². The Morgan fingerprint density at radius 3 is 2.29 bits per heavy atom. The number of carboxylic acids is 1. The summed E-state index contributed by atoms with van der Waals surface area (Å²) in [6, 6.07) is 13.6. The molecule has 1 aliphatic carbocycles. The van der Waals surface area contributed by atoms with Gasteiger partial charge in [0.2, 0.25) is 5.91 Å². The van der Waals surface area contributed by atoms with Gasteiger partial charge in [-0.1, -0.05) is 32.0 Å². The van der Waals surface area contributed by atoms with Crippen LogP contribution in [0.5, 0.6) is 5.75 Å². The molecule has 1 aliphatic rings. The lowest BCUT2D eigenvalue weighted by Gasteiger charge is -2.34. The molecule has 1 fully saturated rings. The van der Waals surface area contributed by atoms with Crippen molar-refractivity contribution >= 4 is 11.9 Å². The fourth-order valence-corrected chi connectivity index (χ4v) is 4.20. The number of nitrogens with two attached hydrogens (primary N) is 1. The van der Waals surface area contributed by atoms with Crippen LogP contribution in [0.1, 0.15) is 68.3 Å². The third kappa shape index (κ3) is 9.26. The van der Waals surface area contributed by atoms with Gasteiger partial charge in [-0.15, -0.1) is 0 Å². The number of ether oxygens (including phenoxy) is 1. The molecule has 0 saturated heterocycles. The van der Waals surface area contributed by atoms with Gasteiger partial charge in [-0.25, -0.2) is 4.79 Å². The van der Waals surface area contributed by atoms with Crippen LogP contribution in [-0.2, 0) is 4.79 Å². The number of carboxylic acid groups (broad SMARTS) is 1. The van der Waals surface area contributed by atoms with E-state index in [9.17, 15) is 18.0 Å². The van der Waals surface area contributed by atoms with Gasteiger partial charge in [0.25, 0.3) is 0 Å². The van der Waals surface area contributed by atoms with Crippen molar-refractivity contribution in [3.8, 4) is 16.9 Å². The van der Waals surface area contributed by atoms with Gasteiger partial charge in [-0.05, 0) is 97.7 Å². The zero-order valence-electron chi connectivity index (χ0n) is 20.5. The topological polar surface area (TPSA) is 89.6 Å². The Morgan fingerprint density at radius 2 is 1.74 bits per heavy atom. The second-order valence-electron chi connectivity index (χ2n) is 9.82. The lowest BCUT2D eigenvalue weighted by atomic mass is 9.72. The number of aryl methyl sites for hydroxylation is 1. The summed E-state index contributed by atoms with van der Waals surface area (Å²) in [5, 5.41) is 7.12. The van der Waals surface area contributed by atoms with Crippen molar-refractivity contribution in [3.63, 3.8) is 0 Å². The monoisotopic (exact) mass is 493 g/mol. The molecule has 0 aromatic heterocycles. The maximum atomic E-state index is 11.4. The molecule has 0 bridgehead atoms. The van der Waals surface area contributed by atoms with Crippen molar-refractivity contribution < 1.29 is 32.6 Å². The Bertz CT molecular complexity index is 1010. The number of hydrogen-bond donors (Lipinski definition) is 2. The second-order valence-corrected chi connectivity index (χ2v) is 9.82. The van der Waals surface area contributed by atoms with Crippen molar-refractivity contribution in [2.24, 2.45) is 17.1 Å². The van der Waals surface area contributed by atoms with E-state index >= 15 is 0 Å². The number of primary amides is 1. The average molecular weight is 494 g/mol. The van der Waals surface area contributed by atoms with Gasteiger partial charge in [0.1, 0.15) is 5.75 Å². The third-order valence-electron chi connectivity index (χ3n) is 6.38. The SMILES string of the molecule is Cc1cc(OCCCC2CCC(C)(C)CC2)ccc1-c1cccc(C(N)=O)c1.O=C(O)C(F)(F)F. The summed E-state index contributed by atoms with van der Waals surface area (Å²) in [5.74, 6) is -1.37. The molecule has 0 heterocycles. The highest BCUT2D eigenvalue weighted by atomic mass is 19.4. The molecule has 8 heteroatoms. The predicted molar refractivity (Wildman–Crippen MR) is 129 cm³/mol. The molecule has 5 nitrogen and oxygen atoms in total. The molecule has 1 saturated carbocycles. The molecule has 0 spiro atoms. The van der Waals surface area contributed by atoms with Crippen LogP contribution in [0.15, 0.2) is 42.5 Å². The summed E-state index contributed by atoms with van der Waals surface area (Å²) in [7, 11) is 0. The molecule has 35 heavy (non-hydrogen) atoms. The summed E-state index contributed by atoms with van der Waals surface area (Å²) >= 11 is 0. The summed E-state index contributed by atoms with van der Waals surface area (Å²) in [5.41, 5.74) is 9.71. The number of carbonyl (C=O) groups excluding carboxylic acids is 1. The van der Waals surface area contributed by atoms with Gasteiger partial charge < -0.3 is 15.6 Å². The van der Waals surface area contributed by atoms with Crippen LogP contribution in [-0.4, -0.2) is 29.8 Å². The maximum Gasteiger partial charge on any atom is 0.490 e. The number of amides is 1. The first kappa shape index (κ1) is 28.2. The normalized spacial score (nSPS) is 15.6. The highest BCUT2D eigenvalue weighted by Gasteiger charge is 2.38. The van der Waals surface area contributed by atoms with Crippen LogP contribution >= 0.6 is 0 Å². The van der Waals surface area contributed by atoms with Crippen LogP contribution in [0.3, 0.4) is 0 Å². The fraction of sp³-hybridized carbons (Fsp3) is 0.481. The van der Waals surface area contributed by atoms with Gasteiger partial charge in [-0.2, -0.15) is 13.2 Å². The van der Waals surface area contributed by atoms with Crippen LogP contribution in [0.25, 0.3) is 11.1 Å². The molecule has 1 amide bonds. The highest BCUT2D eigenvalue weighted by Crippen LogP contribution is 2.39. The van der Waals surface area contributed by atoms with Gasteiger partial charge in [-0.3, -0.25) is 4.79 Å². The first-order chi connectivity index (χ1) is 16.3. The molecule has 192 valence electrons. The molecule has 0 unspecified atom stereocenters. The van der Waals surface area contributed by atoms with E-state index < -0.39 is 18.1 Å². The Morgan fingerprint density at radius 1 is 1.11 bits per heavy atom. The molecule has 2 aromatic rings. The van der Waals surface area contributed by atoms with E-state index in [1.54, 1.807) is 6.07 Å². The molecule has 2 aromatic carbocycles. The predicted octanol–water partition coefficient (Wildman–Crippen LogP) is 6.77. The highest BCUT2D eigenvalue weighted by molar-refractivity contribution is 5.94. The summed E-state index contributed by atoms with van der Waals surface area (Å²) < 4.78 is 37.7. The zero-order chi connectivity index (χ0) is 26.2. The van der Waals surface area contributed by atoms with E-state index in [2.05, 4.69) is 32.9 Å². The number of rotatable bonds is 7. The first-order valence-electron chi connectivity index (χ1n) is 11.7. The van der Waals surface area contributed by atoms with E-state index in [0.717, 1.165) is 41.4 Å². The summed E-state index contributed by atoms with van der Waals surface area (Å²) in [6.07, 6.45) is 2.75. The van der Waals surface area contributed by atoms with E-state index in [1.807, 2.05) is 24.3 Å². The average Bonchev–Trinajstić information content (AvgIpc) is 2.77. The van der Waals surface area contributed by atoms with Crippen molar-refractivity contribution in [2.45, 2.75) is 65.5 Å². The molecule has 0 atom stereocenters. The number of hydrogen-bond acceptors (Lipinski definition) is 3. The third-order valence-corrected chi connectivity index (χ3v) is 6.38.